The van der Waals surface area contributed by atoms with Gasteiger partial charge in [-0.2, -0.15) is 0 Å². The van der Waals surface area contributed by atoms with Gasteiger partial charge >= 0.3 is 0 Å². The minimum absolute atomic E-state index is 0.0513. The highest BCUT2D eigenvalue weighted by Gasteiger charge is 2.19. The summed E-state index contributed by atoms with van der Waals surface area (Å²) in [4.78, 5) is 102. The molecule has 8 atom stereocenters. The number of unbranched alkanes of at least 4 members (excludes halogenated alkanes) is 21. The summed E-state index contributed by atoms with van der Waals surface area (Å²) in [5.74, 6) is 4.54. The van der Waals surface area contributed by atoms with Gasteiger partial charge in [-0.05, 0) is 211 Å². The Morgan fingerprint density at radius 2 is 0.879 bits per heavy atom. The average molecular weight is 1720 g/mol. The smallest absolute Gasteiger partial charge is 0.231 e. The van der Waals surface area contributed by atoms with Crippen molar-refractivity contribution < 1.29 is 62.5 Å². The van der Waals surface area contributed by atoms with E-state index < -0.39 is 5.60 Å². The number of rotatable bonds is 51. The third kappa shape index (κ3) is 78.8. The molecule has 6 rings (SSSR count). The van der Waals surface area contributed by atoms with E-state index in [1.165, 1.54) is 167 Å². The SMILES string of the molecule is CC(C)=CCCC(C)CC=O.CC(C=O)Cc1ccc(C(C)(C)C)cc1.CC(C=O)Cc1ccc(C(C)C)cc1.CC(C=O)Cc1ccc2c(c1)OCO2.CC(CC=O)CCCC(C)(C)O.CC(CC=O)c1ccccc1.CC1=CC(C)C(C=O)CC1.CCCCCC/C=C/C=O.CCCCCCCCCC/C=C/C=O.CCCCCCCCCCCC=O. The van der Waals surface area contributed by atoms with Crippen LogP contribution in [0.3, 0.4) is 0 Å². The van der Waals surface area contributed by atoms with E-state index in [1.807, 2.05) is 95.3 Å². The molecule has 700 valence electrons. The lowest BCUT2D eigenvalue weighted by Crippen LogP contribution is -2.18. The van der Waals surface area contributed by atoms with Crippen LogP contribution in [-0.4, -0.2) is 80.4 Å². The summed E-state index contributed by atoms with van der Waals surface area (Å²) < 4.78 is 10.4. The van der Waals surface area contributed by atoms with E-state index in [2.05, 4.69) is 165 Å². The van der Waals surface area contributed by atoms with Crippen molar-refractivity contribution in [3.63, 3.8) is 0 Å². The normalized spacial score (nSPS) is 14.2. The first kappa shape index (κ1) is 122. The van der Waals surface area contributed by atoms with E-state index >= 15 is 0 Å². The van der Waals surface area contributed by atoms with Crippen LogP contribution in [-0.2, 0) is 72.6 Å². The Balaban J connectivity index is -0.000000647. The molecule has 13 heteroatoms. The number of carbonyl (C=O) groups is 10. The van der Waals surface area contributed by atoms with Gasteiger partial charge in [-0.1, -0.05) is 353 Å². The lowest BCUT2D eigenvalue weighted by atomic mass is 9.83. The van der Waals surface area contributed by atoms with Crippen LogP contribution in [0.1, 0.15) is 402 Å². The van der Waals surface area contributed by atoms with Crippen molar-refractivity contribution in [1.29, 1.82) is 0 Å². The molecule has 0 amide bonds. The maximum atomic E-state index is 10.5. The summed E-state index contributed by atoms with van der Waals surface area (Å²) in [5, 5.41) is 9.39. The van der Waals surface area contributed by atoms with Crippen molar-refractivity contribution in [2.24, 2.45) is 41.4 Å². The molecular formula is C111H178O13. The summed E-state index contributed by atoms with van der Waals surface area (Å²) in [7, 11) is 0. The number of carbonyl (C=O) groups excluding carboxylic acids is 10. The first-order valence-corrected chi connectivity index (χ1v) is 47.7. The van der Waals surface area contributed by atoms with E-state index in [1.54, 1.807) is 12.2 Å². The zero-order chi connectivity index (χ0) is 93.9. The highest BCUT2D eigenvalue weighted by molar-refractivity contribution is 5.65. The highest BCUT2D eigenvalue weighted by atomic mass is 16.7. The number of aliphatic hydroxyl groups is 1. The molecule has 0 aromatic heterocycles. The lowest BCUT2D eigenvalue weighted by molar-refractivity contribution is -0.112. The molecule has 2 aliphatic rings. The number of aldehydes is 10. The second-order valence-corrected chi connectivity index (χ2v) is 36.5. The quantitative estimate of drug-likeness (QED) is 0.0189. The lowest BCUT2D eigenvalue weighted by Gasteiger charge is -2.21. The fraction of sp³-hybridized carbons (Fsp3) is 0.622. The molecule has 1 heterocycles. The Labute approximate surface area is 757 Å². The Bertz CT molecular complexity index is 3340. The minimum Gasteiger partial charge on any atom is -0.454 e. The fourth-order valence-corrected chi connectivity index (χ4v) is 13.1. The van der Waals surface area contributed by atoms with Crippen LogP contribution in [0.15, 0.2) is 145 Å². The second-order valence-electron chi connectivity index (χ2n) is 36.5. The monoisotopic (exact) mass is 1720 g/mol. The van der Waals surface area contributed by atoms with Gasteiger partial charge in [0.2, 0.25) is 6.79 Å². The number of fused-ring (bicyclic) bond motifs is 1. The maximum absolute atomic E-state index is 10.5. The molecule has 0 fully saturated rings. The highest BCUT2D eigenvalue weighted by Crippen LogP contribution is 2.33. The fourth-order valence-electron chi connectivity index (χ4n) is 13.1. The van der Waals surface area contributed by atoms with Gasteiger partial charge in [-0.3, -0.25) is 9.59 Å². The number of hydrogen-bond donors (Lipinski definition) is 1. The number of hydrogen-bond acceptors (Lipinski definition) is 13. The van der Waals surface area contributed by atoms with Crippen LogP contribution in [0, 0.1) is 41.4 Å². The molecule has 124 heavy (non-hydrogen) atoms. The third-order valence-electron chi connectivity index (χ3n) is 21.4. The van der Waals surface area contributed by atoms with Crippen molar-refractivity contribution in [3.8, 4) is 11.5 Å². The van der Waals surface area contributed by atoms with Crippen LogP contribution in [0.2, 0.25) is 0 Å². The van der Waals surface area contributed by atoms with E-state index in [0.29, 0.717) is 55.6 Å². The molecule has 1 N–H and O–H groups in total. The summed E-state index contributed by atoms with van der Waals surface area (Å²) in [6.45, 7) is 42.1. The number of benzene rings is 4. The largest absolute Gasteiger partial charge is 0.454 e. The molecule has 0 saturated heterocycles. The van der Waals surface area contributed by atoms with Crippen LogP contribution in [0.5, 0.6) is 11.5 Å². The van der Waals surface area contributed by atoms with E-state index in [4.69, 9.17) is 9.47 Å². The Morgan fingerprint density at radius 3 is 1.28 bits per heavy atom. The molecule has 13 nitrogen and oxygen atoms in total. The van der Waals surface area contributed by atoms with Crippen molar-refractivity contribution in [2.45, 2.75) is 399 Å². The molecule has 4 aromatic carbocycles. The molecule has 0 bridgehead atoms. The van der Waals surface area contributed by atoms with Crippen molar-refractivity contribution >= 4 is 62.9 Å². The maximum Gasteiger partial charge on any atom is 0.231 e. The van der Waals surface area contributed by atoms with Gasteiger partial charge in [-0.25, -0.2) is 0 Å². The Hall–Kier alpha value is -7.90. The van der Waals surface area contributed by atoms with Gasteiger partial charge in [-0.15, -0.1) is 0 Å². The van der Waals surface area contributed by atoms with Crippen LogP contribution >= 0.6 is 0 Å². The zero-order valence-corrected chi connectivity index (χ0v) is 81.9. The standard InChI is InChI=1S/C14H20O.C13H18O.C13H24O.C12H24O.C11H12O3.C10H20O2.C10H12O.C10H18O.C9H14O.C9H16O/c1-11(10-15)9-12-5-7-13(8-6-12)14(2,3)4;1-10(2)13-6-4-12(5-7-13)8-11(3)9-14;1-2-3-4-5-6-7-8-9-10-11-12-13-14;1-2-3-4-5-6-7-8-9-10-11-12-13;1-8(6-12)4-9-2-3-10-11(5-9)14-7-13-10;1-9(6-8-11)5-4-7-10(2,3)12;1-9(7-8-11)10-5-3-2-4-6-10;1-9(2)5-4-6-10(3)7-8-11;1-7-3-4-9(6-10)8(2)5-7;1-2-3-4-5-6-7-8-9-10/h5-8,10-11H,9H2,1-4H3;4-7,9-11H,8H2,1-3H3;11-13H,2-10H2,1H3;12H,2-11H2,1H3;2-3,5-6,8H,4,7H2,1H3;8-9,12H,4-7H2,1-3H3;2-6,8-9H,7H2,1H3;5,8,10H,4,6-7H2,1-3H3;5-6,8-9H,3-4H2,1-2H3;7-9H,2-6H2,1H3/b;;12-11+;;;;;;;8-7+. The molecule has 1 aliphatic heterocycles. The predicted octanol–water partition coefficient (Wildman–Crippen LogP) is 29.1. The summed E-state index contributed by atoms with van der Waals surface area (Å²) in [6.07, 6.45) is 63.6. The van der Waals surface area contributed by atoms with Gasteiger partial charge in [0.1, 0.15) is 62.9 Å². The van der Waals surface area contributed by atoms with Crippen LogP contribution < -0.4 is 9.47 Å². The first-order chi connectivity index (χ1) is 59.3. The zero-order valence-electron chi connectivity index (χ0n) is 81.9. The average Bonchev–Trinajstić information content (AvgIpc) is 1.71. The topological polar surface area (TPSA) is 209 Å². The van der Waals surface area contributed by atoms with E-state index in [9.17, 15) is 53.1 Å². The second kappa shape index (κ2) is 84.6. The molecule has 4 aromatic rings. The third-order valence-corrected chi connectivity index (χ3v) is 21.4. The molecular weight excluding hydrogens is 1540 g/mol. The van der Waals surface area contributed by atoms with E-state index in [-0.39, 0.29) is 29.1 Å². The Kier molecular flexibility index (Phi) is 83.5. The summed E-state index contributed by atoms with van der Waals surface area (Å²) in [5.41, 5.74) is 9.96. The van der Waals surface area contributed by atoms with Crippen LogP contribution in [0.4, 0.5) is 0 Å². The summed E-state index contributed by atoms with van der Waals surface area (Å²) in [6, 6.07) is 33.0. The van der Waals surface area contributed by atoms with Crippen molar-refractivity contribution in [1.82, 2.24) is 0 Å². The molecule has 8 unspecified atom stereocenters. The molecule has 1 aliphatic carbocycles. The van der Waals surface area contributed by atoms with Crippen molar-refractivity contribution in [3.05, 3.63) is 178 Å². The predicted molar refractivity (Wildman–Crippen MR) is 525 cm³/mol. The van der Waals surface area contributed by atoms with E-state index in [0.717, 1.165) is 170 Å². The molecule has 0 saturated carbocycles. The summed E-state index contributed by atoms with van der Waals surface area (Å²) >= 11 is 0. The van der Waals surface area contributed by atoms with Gasteiger partial charge in [0.25, 0.3) is 0 Å². The van der Waals surface area contributed by atoms with Gasteiger partial charge in [0, 0.05) is 49.4 Å². The van der Waals surface area contributed by atoms with Crippen LogP contribution in [0.25, 0.3) is 0 Å². The molecule has 0 radical (unpaired) electrons. The van der Waals surface area contributed by atoms with Gasteiger partial charge in [0.15, 0.2) is 11.5 Å². The number of allylic oxidation sites excluding steroid dienone is 8. The number of ether oxygens (including phenoxy) is 2. The Morgan fingerprint density at radius 1 is 0.460 bits per heavy atom. The van der Waals surface area contributed by atoms with Gasteiger partial charge in [0.05, 0.1) is 5.60 Å². The molecule has 0 spiro atoms. The van der Waals surface area contributed by atoms with Crippen molar-refractivity contribution in [2.75, 3.05) is 6.79 Å². The van der Waals surface area contributed by atoms with Gasteiger partial charge < -0.3 is 52.9 Å². The minimum atomic E-state index is -0.555. The first-order valence-electron chi connectivity index (χ1n) is 47.7.